The smallest absolute Gasteiger partial charge is 0.317 e. The van der Waals surface area contributed by atoms with E-state index in [1.165, 1.54) is 11.1 Å². The van der Waals surface area contributed by atoms with Crippen molar-refractivity contribution in [3.8, 4) is 0 Å². The summed E-state index contributed by atoms with van der Waals surface area (Å²) in [5.74, 6) is 0.238. The van der Waals surface area contributed by atoms with Crippen molar-refractivity contribution in [2.24, 2.45) is 0 Å². The largest absolute Gasteiger partial charge is 0.334 e. The first-order chi connectivity index (χ1) is 10.5. The number of nitrogens with one attached hydrogen (secondary N) is 1. The maximum Gasteiger partial charge on any atom is 0.317 e. The van der Waals surface area contributed by atoms with E-state index in [0.29, 0.717) is 6.42 Å². The SMILES string of the molecule is CN(C(=O)N[C@@H]1CCS(=O)(=O)C1)[C@@H]1CCCc2ccccc21. The molecule has 1 saturated heterocycles. The lowest BCUT2D eigenvalue weighted by Gasteiger charge is -2.34. The lowest BCUT2D eigenvalue weighted by molar-refractivity contribution is 0.181. The predicted octanol–water partition coefficient (Wildman–Crippen LogP) is 1.89. The zero-order chi connectivity index (χ0) is 15.7. The average molecular weight is 322 g/mol. The summed E-state index contributed by atoms with van der Waals surface area (Å²) in [5, 5.41) is 2.87. The van der Waals surface area contributed by atoms with Crippen LogP contribution < -0.4 is 5.32 Å². The topological polar surface area (TPSA) is 66.5 Å². The van der Waals surface area contributed by atoms with E-state index in [4.69, 9.17) is 0 Å². The van der Waals surface area contributed by atoms with E-state index < -0.39 is 9.84 Å². The number of hydrogen-bond acceptors (Lipinski definition) is 3. The van der Waals surface area contributed by atoms with E-state index >= 15 is 0 Å². The van der Waals surface area contributed by atoms with Crippen LogP contribution >= 0.6 is 0 Å². The molecule has 1 aliphatic carbocycles. The van der Waals surface area contributed by atoms with Crippen molar-refractivity contribution < 1.29 is 13.2 Å². The summed E-state index contributed by atoms with van der Waals surface area (Å²) < 4.78 is 23.0. The van der Waals surface area contributed by atoms with Gasteiger partial charge in [-0.05, 0) is 36.8 Å². The fourth-order valence-corrected chi connectivity index (χ4v) is 5.13. The van der Waals surface area contributed by atoms with Crippen LogP contribution in [0.5, 0.6) is 0 Å². The molecule has 1 aromatic rings. The van der Waals surface area contributed by atoms with Gasteiger partial charge >= 0.3 is 6.03 Å². The highest BCUT2D eigenvalue weighted by Crippen LogP contribution is 2.33. The number of hydrogen-bond donors (Lipinski definition) is 1. The summed E-state index contributed by atoms with van der Waals surface area (Å²) in [4.78, 5) is 14.2. The minimum Gasteiger partial charge on any atom is -0.334 e. The van der Waals surface area contributed by atoms with E-state index in [1.807, 2.05) is 12.1 Å². The van der Waals surface area contributed by atoms with E-state index in [9.17, 15) is 13.2 Å². The molecule has 0 saturated carbocycles. The van der Waals surface area contributed by atoms with Gasteiger partial charge in [0.1, 0.15) is 0 Å². The molecule has 0 unspecified atom stereocenters. The molecular weight excluding hydrogens is 300 g/mol. The van der Waals surface area contributed by atoms with Crippen molar-refractivity contribution in [1.82, 2.24) is 10.2 Å². The molecule has 1 heterocycles. The van der Waals surface area contributed by atoms with Crippen molar-refractivity contribution >= 4 is 15.9 Å². The van der Waals surface area contributed by atoms with Gasteiger partial charge in [0.2, 0.25) is 0 Å². The molecule has 0 bridgehead atoms. The quantitative estimate of drug-likeness (QED) is 0.904. The van der Waals surface area contributed by atoms with Crippen LogP contribution in [0.3, 0.4) is 0 Å². The van der Waals surface area contributed by atoms with Crippen LogP contribution in [-0.4, -0.2) is 43.9 Å². The number of urea groups is 1. The van der Waals surface area contributed by atoms with Gasteiger partial charge < -0.3 is 10.2 Å². The van der Waals surface area contributed by atoms with Crippen LogP contribution in [0.4, 0.5) is 4.79 Å². The molecule has 1 N–H and O–H groups in total. The Labute approximate surface area is 131 Å². The number of fused-ring (bicyclic) bond motifs is 1. The number of sulfone groups is 1. The average Bonchev–Trinajstić information content (AvgIpc) is 2.84. The van der Waals surface area contributed by atoms with Crippen LogP contribution in [-0.2, 0) is 16.3 Å². The first-order valence-electron chi connectivity index (χ1n) is 7.78. The molecule has 3 rings (SSSR count). The van der Waals surface area contributed by atoms with Gasteiger partial charge in [-0.2, -0.15) is 0 Å². The fourth-order valence-electron chi connectivity index (χ4n) is 3.46. The molecule has 120 valence electrons. The maximum atomic E-state index is 12.4. The number of amides is 2. The summed E-state index contributed by atoms with van der Waals surface area (Å²) >= 11 is 0. The second-order valence-electron chi connectivity index (χ2n) is 6.27. The second-order valence-corrected chi connectivity index (χ2v) is 8.50. The lowest BCUT2D eigenvalue weighted by atomic mass is 9.87. The normalized spacial score (nSPS) is 26.2. The number of aryl methyl sites for hydroxylation is 1. The molecule has 2 aliphatic rings. The fraction of sp³-hybridized carbons (Fsp3) is 0.562. The van der Waals surface area contributed by atoms with Crippen LogP contribution in [0.25, 0.3) is 0 Å². The zero-order valence-electron chi connectivity index (χ0n) is 12.8. The highest BCUT2D eigenvalue weighted by atomic mass is 32.2. The van der Waals surface area contributed by atoms with Crippen molar-refractivity contribution in [2.45, 2.75) is 37.8 Å². The summed E-state index contributed by atoms with van der Waals surface area (Å²) in [7, 11) is -1.18. The lowest BCUT2D eigenvalue weighted by Crippen LogP contribution is -2.45. The summed E-state index contributed by atoms with van der Waals surface area (Å²) in [5.41, 5.74) is 2.52. The molecule has 5 nitrogen and oxygen atoms in total. The minimum absolute atomic E-state index is 0.0633. The van der Waals surface area contributed by atoms with Gasteiger partial charge in [0.25, 0.3) is 0 Å². The van der Waals surface area contributed by atoms with Crippen molar-refractivity contribution in [3.05, 3.63) is 35.4 Å². The number of benzene rings is 1. The molecule has 0 spiro atoms. The van der Waals surface area contributed by atoms with E-state index in [1.54, 1.807) is 11.9 Å². The Balaban J connectivity index is 1.69. The molecule has 2 amide bonds. The molecule has 6 heteroatoms. The maximum absolute atomic E-state index is 12.4. The van der Waals surface area contributed by atoms with Gasteiger partial charge in [-0.15, -0.1) is 0 Å². The molecular formula is C16H22N2O3S. The number of nitrogens with zero attached hydrogens (tertiary/aromatic N) is 1. The van der Waals surface area contributed by atoms with Crippen molar-refractivity contribution in [3.63, 3.8) is 0 Å². The minimum atomic E-state index is -2.97. The summed E-state index contributed by atoms with van der Waals surface area (Å²) in [6, 6.07) is 7.89. The Kier molecular flexibility index (Phi) is 4.12. The molecule has 2 atom stereocenters. The monoisotopic (exact) mass is 322 g/mol. The Bertz CT molecular complexity index is 672. The number of carbonyl (C=O) groups is 1. The van der Waals surface area contributed by atoms with Crippen LogP contribution in [0.15, 0.2) is 24.3 Å². The van der Waals surface area contributed by atoms with E-state index in [0.717, 1.165) is 19.3 Å². The third-order valence-electron chi connectivity index (χ3n) is 4.69. The zero-order valence-corrected chi connectivity index (χ0v) is 13.6. The standard InChI is InChI=1S/C16H22N2O3S/c1-18(16(19)17-13-9-10-22(20,21)11-13)15-8-4-6-12-5-2-3-7-14(12)15/h2-3,5,7,13,15H,4,6,8-11H2,1H3,(H,17,19)/t13-,15-/m1/s1. The number of rotatable bonds is 2. The Morgan fingerprint density at radius 3 is 2.77 bits per heavy atom. The molecule has 0 radical (unpaired) electrons. The third-order valence-corrected chi connectivity index (χ3v) is 6.45. The molecule has 1 aromatic carbocycles. The molecule has 22 heavy (non-hydrogen) atoms. The first-order valence-corrected chi connectivity index (χ1v) is 9.60. The van der Waals surface area contributed by atoms with Gasteiger partial charge in [0, 0.05) is 13.1 Å². The predicted molar refractivity (Wildman–Crippen MR) is 85.5 cm³/mol. The Morgan fingerprint density at radius 1 is 1.27 bits per heavy atom. The van der Waals surface area contributed by atoms with Crippen molar-refractivity contribution in [2.75, 3.05) is 18.6 Å². The Morgan fingerprint density at radius 2 is 2.05 bits per heavy atom. The molecule has 0 aromatic heterocycles. The molecule has 1 fully saturated rings. The highest BCUT2D eigenvalue weighted by molar-refractivity contribution is 7.91. The van der Waals surface area contributed by atoms with Crippen LogP contribution in [0.2, 0.25) is 0 Å². The van der Waals surface area contributed by atoms with Crippen LogP contribution in [0, 0.1) is 0 Å². The van der Waals surface area contributed by atoms with Gasteiger partial charge in [0.05, 0.1) is 17.5 Å². The van der Waals surface area contributed by atoms with Gasteiger partial charge in [0.15, 0.2) is 9.84 Å². The third kappa shape index (κ3) is 3.11. The summed E-state index contributed by atoms with van der Waals surface area (Å²) in [6.45, 7) is 0. The second kappa shape index (κ2) is 5.91. The van der Waals surface area contributed by atoms with Gasteiger partial charge in [-0.3, -0.25) is 0 Å². The van der Waals surface area contributed by atoms with Crippen molar-refractivity contribution in [1.29, 1.82) is 0 Å². The summed E-state index contributed by atoms with van der Waals surface area (Å²) in [6.07, 6.45) is 3.59. The highest BCUT2D eigenvalue weighted by Gasteiger charge is 2.32. The van der Waals surface area contributed by atoms with E-state index in [2.05, 4.69) is 17.4 Å². The van der Waals surface area contributed by atoms with Gasteiger partial charge in [-0.25, -0.2) is 13.2 Å². The number of carbonyl (C=O) groups excluding carboxylic acids is 1. The first kappa shape index (κ1) is 15.3. The Hall–Kier alpha value is -1.56. The van der Waals surface area contributed by atoms with E-state index in [-0.39, 0.29) is 29.6 Å². The molecule has 1 aliphatic heterocycles. The van der Waals surface area contributed by atoms with Gasteiger partial charge in [-0.1, -0.05) is 24.3 Å². The van der Waals surface area contributed by atoms with Crippen LogP contribution in [0.1, 0.15) is 36.4 Å².